The van der Waals surface area contributed by atoms with E-state index in [1.54, 1.807) is 13.2 Å². The summed E-state index contributed by atoms with van der Waals surface area (Å²) in [6.45, 7) is 1.60. The van der Waals surface area contributed by atoms with E-state index in [2.05, 4.69) is 4.98 Å². The molecule has 5 heteroatoms. The fourth-order valence-electron chi connectivity index (χ4n) is 2.06. The lowest BCUT2D eigenvalue weighted by molar-refractivity contribution is 0.191. The molecule has 3 nitrogen and oxygen atoms in total. The maximum Gasteiger partial charge on any atom is 0.178 e. The third-order valence-corrected chi connectivity index (χ3v) is 3.31. The van der Waals surface area contributed by atoms with Crippen molar-refractivity contribution < 1.29 is 9.13 Å². The first kappa shape index (κ1) is 13.2. The van der Waals surface area contributed by atoms with Crippen LogP contribution in [-0.2, 0) is 11.3 Å². The number of methoxy groups -OCH3 is 1. The standard InChI is InChI=1S/C13H17FN2OS/c1-17-9-4-2-3-8-16-11-7-5-6-10(14)12(11)15-13(16)18/h5-7H,2-4,8-9H2,1H3,(H,15,18). The fourth-order valence-corrected chi connectivity index (χ4v) is 2.35. The third kappa shape index (κ3) is 2.79. The number of aryl methyl sites for hydroxylation is 1. The molecule has 2 aromatic rings. The first-order valence-corrected chi connectivity index (χ1v) is 6.51. The zero-order valence-electron chi connectivity index (χ0n) is 10.4. The van der Waals surface area contributed by atoms with Gasteiger partial charge in [0.05, 0.1) is 5.52 Å². The van der Waals surface area contributed by atoms with Crippen LogP contribution in [0.15, 0.2) is 18.2 Å². The highest BCUT2D eigenvalue weighted by atomic mass is 32.1. The Morgan fingerprint density at radius 1 is 1.33 bits per heavy atom. The number of para-hydroxylation sites is 1. The molecular weight excluding hydrogens is 251 g/mol. The van der Waals surface area contributed by atoms with Crippen LogP contribution in [0.3, 0.4) is 0 Å². The number of hydrogen-bond acceptors (Lipinski definition) is 2. The van der Waals surface area contributed by atoms with Gasteiger partial charge in [0.15, 0.2) is 4.77 Å². The number of nitrogens with zero attached hydrogens (tertiary/aromatic N) is 1. The van der Waals surface area contributed by atoms with Gasteiger partial charge in [-0.05, 0) is 43.6 Å². The number of benzene rings is 1. The number of hydrogen-bond donors (Lipinski definition) is 1. The van der Waals surface area contributed by atoms with Gasteiger partial charge < -0.3 is 14.3 Å². The van der Waals surface area contributed by atoms with Crippen LogP contribution in [0.1, 0.15) is 19.3 Å². The van der Waals surface area contributed by atoms with E-state index in [9.17, 15) is 4.39 Å². The van der Waals surface area contributed by atoms with E-state index in [4.69, 9.17) is 17.0 Å². The Labute approximate surface area is 111 Å². The first-order chi connectivity index (χ1) is 8.74. The average molecular weight is 268 g/mol. The van der Waals surface area contributed by atoms with E-state index in [1.165, 1.54) is 6.07 Å². The molecule has 2 rings (SSSR count). The summed E-state index contributed by atoms with van der Waals surface area (Å²) in [5.41, 5.74) is 1.34. The van der Waals surface area contributed by atoms with Gasteiger partial charge in [0.2, 0.25) is 0 Å². The molecule has 0 fully saturated rings. The second-order valence-corrected chi connectivity index (χ2v) is 4.66. The lowest BCUT2D eigenvalue weighted by Gasteiger charge is -2.04. The van der Waals surface area contributed by atoms with E-state index in [1.807, 2.05) is 10.6 Å². The van der Waals surface area contributed by atoms with Crippen LogP contribution in [0.5, 0.6) is 0 Å². The lowest BCUT2D eigenvalue weighted by atomic mass is 10.2. The molecule has 0 bridgehead atoms. The van der Waals surface area contributed by atoms with E-state index in [-0.39, 0.29) is 5.82 Å². The molecule has 0 spiro atoms. The molecule has 0 atom stereocenters. The molecule has 1 heterocycles. The highest BCUT2D eigenvalue weighted by molar-refractivity contribution is 7.71. The van der Waals surface area contributed by atoms with E-state index in [0.717, 1.165) is 37.9 Å². The summed E-state index contributed by atoms with van der Waals surface area (Å²) in [5.74, 6) is -0.253. The molecule has 0 saturated heterocycles. The lowest BCUT2D eigenvalue weighted by Crippen LogP contribution is -1.99. The van der Waals surface area contributed by atoms with Gasteiger partial charge in [-0.3, -0.25) is 0 Å². The van der Waals surface area contributed by atoms with Gasteiger partial charge in [-0.15, -0.1) is 0 Å². The molecule has 0 saturated carbocycles. The zero-order valence-corrected chi connectivity index (χ0v) is 11.2. The summed E-state index contributed by atoms with van der Waals surface area (Å²) in [4.78, 5) is 2.93. The van der Waals surface area contributed by atoms with Crippen molar-refractivity contribution in [3.63, 3.8) is 0 Å². The Morgan fingerprint density at radius 3 is 2.94 bits per heavy atom. The summed E-state index contributed by atoms with van der Waals surface area (Å²) in [5, 5.41) is 0. The number of aromatic nitrogens is 2. The molecule has 0 aliphatic rings. The molecule has 0 amide bonds. The van der Waals surface area contributed by atoms with Gasteiger partial charge in [-0.2, -0.15) is 0 Å². The summed E-state index contributed by atoms with van der Waals surface area (Å²) in [6, 6.07) is 5.04. The smallest absolute Gasteiger partial charge is 0.178 e. The predicted molar refractivity (Wildman–Crippen MR) is 72.8 cm³/mol. The minimum atomic E-state index is -0.253. The number of fused-ring (bicyclic) bond motifs is 1. The minimum absolute atomic E-state index is 0.253. The second kappa shape index (κ2) is 6.11. The van der Waals surface area contributed by atoms with Gasteiger partial charge in [-0.25, -0.2) is 4.39 Å². The Morgan fingerprint density at radius 2 is 2.17 bits per heavy atom. The molecule has 1 N–H and O–H groups in total. The number of nitrogens with one attached hydrogen (secondary N) is 1. The highest BCUT2D eigenvalue weighted by Crippen LogP contribution is 2.18. The molecule has 18 heavy (non-hydrogen) atoms. The Hall–Kier alpha value is -1.20. The number of aromatic amines is 1. The van der Waals surface area contributed by atoms with Crippen LogP contribution in [0, 0.1) is 10.6 Å². The summed E-state index contributed by atoms with van der Waals surface area (Å²) in [6.07, 6.45) is 3.14. The molecule has 0 aliphatic carbocycles. The number of rotatable bonds is 6. The summed E-state index contributed by atoms with van der Waals surface area (Å²) < 4.78 is 21.1. The van der Waals surface area contributed by atoms with Crippen molar-refractivity contribution in [1.29, 1.82) is 0 Å². The third-order valence-electron chi connectivity index (χ3n) is 2.99. The maximum absolute atomic E-state index is 13.6. The van der Waals surface area contributed by atoms with Gasteiger partial charge >= 0.3 is 0 Å². The van der Waals surface area contributed by atoms with Crippen LogP contribution in [-0.4, -0.2) is 23.3 Å². The normalized spacial score (nSPS) is 11.2. The largest absolute Gasteiger partial charge is 0.385 e. The predicted octanol–water partition coefficient (Wildman–Crippen LogP) is 3.65. The van der Waals surface area contributed by atoms with Crippen molar-refractivity contribution in [3.8, 4) is 0 Å². The Bertz CT molecular complexity index is 576. The Balaban J connectivity index is 2.11. The Kier molecular flexibility index (Phi) is 4.49. The van der Waals surface area contributed by atoms with E-state index < -0.39 is 0 Å². The number of halogens is 1. The first-order valence-electron chi connectivity index (χ1n) is 6.10. The molecule has 1 aromatic carbocycles. The van der Waals surface area contributed by atoms with Crippen molar-refractivity contribution in [2.45, 2.75) is 25.8 Å². The zero-order chi connectivity index (χ0) is 13.0. The van der Waals surface area contributed by atoms with Gasteiger partial charge in [0.25, 0.3) is 0 Å². The second-order valence-electron chi connectivity index (χ2n) is 4.27. The van der Waals surface area contributed by atoms with Crippen molar-refractivity contribution in [2.24, 2.45) is 0 Å². The molecule has 0 unspecified atom stereocenters. The fraction of sp³-hybridized carbons (Fsp3) is 0.462. The summed E-state index contributed by atoms with van der Waals surface area (Å²) >= 11 is 5.23. The van der Waals surface area contributed by atoms with Crippen LogP contribution in [0.25, 0.3) is 11.0 Å². The van der Waals surface area contributed by atoms with E-state index >= 15 is 0 Å². The molecular formula is C13H17FN2OS. The van der Waals surface area contributed by atoms with Gasteiger partial charge in [0.1, 0.15) is 11.3 Å². The number of unbranched alkanes of at least 4 members (excludes halogenated alkanes) is 2. The van der Waals surface area contributed by atoms with Gasteiger partial charge in [0, 0.05) is 20.3 Å². The van der Waals surface area contributed by atoms with Crippen molar-refractivity contribution in [1.82, 2.24) is 9.55 Å². The van der Waals surface area contributed by atoms with E-state index in [0.29, 0.717) is 10.3 Å². The topological polar surface area (TPSA) is 29.9 Å². The number of imidazole rings is 1. The minimum Gasteiger partial charge on any atom is -0.385 e. The van der Waals surface area contributed by atoms with Crippen LogP contribution < -0.4 is 0 Å². The number of H-pyrrole nitrogens is 1. The van der Waals surface area contributed by atoms with Gasteiger partial charge in [-0.1, -0.05) is 6.07 Å². The summed E-state index contributed by atoms with van der Waals surface area (Å²) in [7, 11) is 1.71. The molecule has 98 valence electrons. The SMILES string of the molecule is COCCCCCn1c(=S)[nH]c2c(F)cccc21. The molecule has 1 aromatic heterocycles. The number of ether oxygens (including phenoxy) is 1. The monoisotopic (exact) mass is 268 g/mol. The average Bonchev–Trinajstić information content (AvgIpc) is 2.68. The molecule has 0 radical (unpaired) electrons. The van der Waals surface area contributed by atoms with Crippen LogP contribution in [0.4, 0.5) is 4.39 Å². The molecule has 0 aliphatic heterocycles. The van der Waals surface area contributed by atoms with Crippen molar-refractivity contribution in [2.75, 3.05) is 13.7 Å². The van der Waals surface area contributed by atoms with Crippen LogP contribution in [0.2, 0.25) is 0 Å². The van der Waals surface area contributed by atoms with Crippen LogP contribution >= 0.6 is 12.2 Å². The van der Waals surface area contributed by atoms with Crippen molar-refractivity contribution in [3.05, 3.63) is 28.8 Å². The quantitative estimate of drug-likeness (QED) is 0.640. The maximum atomic E-state index is 13.6. The highest BCUT2D eigenvalue weighted by Gasteiger charge is 2.07. The van der Waals surface area contributed by atoms with Crippen molar-refractivity contribution >= 4 is 23.3 Å².